The van der Waals surface area contributed by atoms with E-state index in [9.17, 15) is 0 Å². The van der Waals surface area contributed by atoms with Gasteiger partial charge < -0.3 is 15.4 Å². The minimum Gasteiger partial charge on any atom is -0.380 e. The molecule has 0 spiro atoms. The number of ether oxygens (including phenoxy) is 1. The SMILES string of the molecule is CCOCCNCc1ccc2c(c1)CCNC2. The first-order valence-corrected chi connectivity index (χ1v) is 6.50. The summed E-state index contributed by atoms with van der Waals surface area (Å²) in [6, 6.07) is 6.81. The lowest BCUT2D eigenvalue weighted by Crippen LogP contribution is -2.24. The van der Waals surface area contributed by atoms with E-state index in [1.807, 2.05) is 6.92 Å². The third kappa shape index (κ3) is 3.80. The molecule has 1 aliphatic rings. The molecule has 2 rings (SSSR count). The smallest absolute Gasteiger partial charge is 0.0590 e. The van der Waals surface area contributed by atoms with E-state index in [4.69, 9.17) is 4.74 Å². The fourth-order valence-corrected chi connectivity index (χ4v) is 2.16. The highest BCUT2D eigenvalue weighted by atomic mass is 16.5. The number of hydrogen-bond acceptors (Lipinski definition) is 3. The second-order valence-electron chi connectivity index (χ2n) is 4.40. The lowest BCUT2D eigenvalue weighted by Gasteiger charge is -2.18. The van der Waals surface area contributed by atoms with Crippen molar-refractivity contribution >= 4 is 0 Å². The van der Waals surface area contributed by atoms with Crippen molar-refractivity contribution in [3.05, 3.63) is 34.9 Å². The number of nitrogens with one attached hydrogen (secondary N) is 2. The van der Waals surface area contributed by atoms with Gasteiger partial charge in [0.15, 0.2) is 0 Å². The Morgan fingerprint density at radius 1 is 1.35 bits per heavy atom. The third-order valence-corrected chi connectivity index (χ3v) is 3.11. The number of hydrogen-bond donors (Lipinski definition) is 2. The lowest BCUT2D eigenvalue weighted by atomic mass is 9.98. The summed E-state index contributed by atoms with van der Waals surface area (Å²) in [6.07, 6.45) is 1.15. The van der Waals surface area contributed by atoms with Crippen LogP contribution in [0.4, 0.5) is 0 Å². The summed E-state index contributed by atoms with van der Waals surface area (Å²) >= 11 is 0. The Labute approximate surface area is 104 Å². The van der Waals surface area contributed by atoms with Crippen LogP contribution in [0.15, 0.2) is 18.2 Å². The van der Waals surface area contributed by atoms with Crippen molar-refractivity contribution in [1.29, 1.82) is 0 Å². The predicted octanol–water partition coefficient (Wildman–Crippen LogP) is 1.46. The van der Waals surface area contributed by atoms with Crippen molar-refractivity contribution in [3.8, 4) is 0 Å². The molecule has 94 valence electrons. The monoisotopic (exact) mass is 234 g/mol. The molecule has 0 fully saturated rings. The second-order valence-corrected chi connectivity index (χ2v) is 4.40. The van der Waals surface area contributed by atoms with Gasteiger partial charge in [0.25, 0.3) is 0 Å². The normalized spacial score (nSPS) is 14.6. The summed E-state index contributed by atoms with van der Waals surface area (Å²) in [7, 11) is 0. The second kappa shape index (κ2) is 6.74. The van der Waals surface area contributed by atoms with Gasteiger partial charge in [-0.15, -0.1) is 0 Å². The standard InChI is InChI=1S/C14H22N2O/c1-2-17-8-7-16-10-12-3-4-14-11-15-6-5-13(14)9-12/h3-4,9,15-16H,2,5-8,10-11H2,1H3. The minimum absolute atomic E-state index is 0.797. The first-order chi connectivity index (χ1) is 8.40. The zero-order chi connectivity index (χ0) is 11.9. The van der Waals surface area contributed by atoms with E-state index in [-0.39, 0.29) is 0 Å². The van der Waals surface area contributed by atoms with E-state index in [1.165, 1.54) is 16.7 Å². The molecule has 0 unspecified atom stereocenters. The molecule has 1 aliphatic heterocycles. The van der Waals surface area contributed by atoms with Crippen LogP contribution >= 0.6 is 0 Å². The van der Waals surface area contributed by atoms with Gasteiger partial charge in [0, 0.05) is 26.2 Å². The van der Waals surface area contributed by atoms with Gasteiger partial charge in [0.2, 0.25) is 0 Å². The molecule has 0 amide bonds. The van der Waals surface area contributed by atoms with Crippen molar-refractivity contribution < 1.29 is 4.74 Å². The van der Waals surface area contributed by atoms with E-state index < -0.39 is 0 Å². The summed E-state index contributed by atoms with van der Waals surface area (Å²) < 4.78 is 5.29. The van der Waals surface area contributed by atoms with Gasteiger partial charge in [-0.05, 0) is 36.6 Å². The van der Waals surface area contributed by atoms with E-state index in [2.05, 4.69) is 28.8 Å². The van der Waals surface area contributed by atoms with E-state index >= 15 is 0 Å². The fourth-order valence-electron chi connectivity index (χ4n) is 2.16. The fraction of sp³-hybridized carbons (Fsp3) is 0.571. The molecule has 0 aliphatic carbocycles. The van der Waals surface area contributed by atoms with Crippen LogP contribution < -0.4 is 10.6 Å². The van der Waals surface area contributed by atoms with Crippen molar-refractivity contribution in [2.24, 2.45) is 0 Å². The molecular formula is C14H22N2O. The van der Waals surface area contributed by atoms with E-state index in [0.29, 0.717) is 0 Å². The van der Waals surface area contributed by atoms with E-state index in [0.717, 1.165) is 45.8 Å². The molecule has 3 heteroatoms. The summed E-state index contributed by atoms with van der Waals surface area (Å²) in [5, 5.41) is 6.80. The Kier molecular flexibility index (Phi) is 4.98. The zero-order valence-corrected chi connectivity index (χ0v) is 10.6. The molecule has 1 heterocycles. The van der Waals surface area contributed by atoms with Crippen LogP contribution in [0.5, 0.6) is 0 Å². The molecule has 0 saturated heterocycles. The molecule has 0 saturated carbocycles. The minimum atomic E-state index is 0.797. The van der Waals surface area contributed by atoms with Crippen LogP contribution in [0, 0.1) is 0 Å². The molecule has 0 radical (unpaired) electrons. The first kappa shape index (κ1) is 12.6. The Morgan fingerprint density at radius 3 is 3.18 bits per heavy atom. The molecule has 0 atom stereocenters. The average molecular weight is 234 g/mol. The quantitative estimate of drug-likeness (QED) is 0.731. The van der Waals surface area contributed by atoms with Gasteiger partial charge in [-0.2, -0.15) is 0 Å². The van der Waals surface area contributed by atoms with Crippen LogP contribution in [0.3, 0.4) is 0 Å². The highest BCUT2D eigenvalue weighted by Gasteiger charge is 2.08. The number of fused-ring (bicyclic) bond motifs is 1. The molecule has 3 nitrogen and oxygen atoms in total. The lowest BCUT2D eigenvalue weighted by molar-refractivity contribution is 0.149. The van der Waals surface area contributed by atoms with Crippen molar-refractivity contribution in [2.75, 3.05) is 26.3 Å². The largest absolute Gasteiger partial charge is 0.380 e. The van der Waals surface area contributed by atoms with Crippen LogP contribution in [-0.4, -0.2) is 26.3 Å². The Bertz CT molecular complexity index is 352. The van der Waals surface area contributed by atoms with Gasteiger partial charge in [0.05, 0.1) is 6.61 Å². The Balaban J connectivity index is 1.81. The maximum Gasteiger partial charge on any atom is 0.0590 e. The zero-order valence-electron chi connectivity index (χ0n) is 10.6. The van der Waals surface area contributed by atoms with Crippen LogP contribution in [0.1, 0.15) is 23.6 Å². The summed E-state index contributed by atoms with van der Waals surface area (Å²) in [5.74, 6) is 0. The topological polar surface area (TPSA) is 33.3 Å². The van der Waals surface area contributed by atoms with Crippen LogP contribution in [0.2, 0.25) is 0 Å². The highest BCUT2D eigenvalue weighted by Crippen LogP contribution is 2.15. The van der Waals surface area contributed by atoms with Crippen LogP contribution in [-0.2, 0) is 24.2 Å². The van der Waals surface area contributed by atoms with Gasteiger partial charge in [-0.3, -0.25) is 0 Å². The highest BCUT2D eigenvalue weighted by molar-refractivity contribution is 5.33. The Hall–Kier alpha value is -0.900. The van der Waals surface area contributed by atoms with Gasteiger partial charge in [0.1, 0.15) is 0 Å². The van der Waals surface area contributed by atoms with Gasteiger partial charge in [-0.1, -0.05) is 18.2 Å². The molecule has 2 N–H and O–H groups in total. The maximum absolute atomic E-state index is 5.29. The van der Waals surface area contributed by atoms with Gasteiger partial charge >= 0.3 is 0 Å². The molecule has 1 aromatic carbocycles. The maximum atomic E-state index is 5.29. The molecule has 17 heavy (non-hydrogen) atoms. The molecule has 0 aromatic heterocycles. The van der Waals surface area contributed by atoms with Crippen LogP contribution in [0.25, 0.3) is 0 Å². The number of benzene rings is 1. The van der Waals surface area contributed by atoms with Crippen molar-refractivity contribution in [1.82, 2.24) is 10.6 Å². The van der Waals surface area contributed by atoms with Crippen molar-refractivity contribution in [3.63, 3.8) is 0 Å². The molecule has 1 aromatic rings. The summed E-state index contributed by atoms with van der Waals surface area (Å²) in [6.45, 7) is 7.61. The predicted molar refractivity (Wildman–Crippen MR) is 70.1 cm³/mol. The summed E-state index contributed by atoms with van der Waals surface area (Å²) in [4.78, 5) is 0. The van der Waals surface area contributed by atoms with Crippen molar-refractivity contribution in [2.45, 2.75) is 26.4 Å². The molecular weight excluding hydrogens is 212 g/mol. The first-order valence-electron chi connectivity index (χ1n) is 6.50. The average Bonchev–Trinajstić information content (AvgIpc) is 2.38. The van der Waals surface area contributed by atoms with Gasteiger partial charge in [-0.25, -0.2) is 0 Å². The summed E-state index contributed by atoms with van der Waals surface area (Å²) in [5.41, 5.74) is 4.34. The number of rotatable bonds is 6. The molecule has 0 bridgehead atoms. The van der Waals surface area contributed by atoms with E-state index in [1.54, 1.807) is 0 Å². The Morgan fingerprint density at radius 2 is 2.29 bits per heavy atom. The third-order valence-electron chi connectivity index (χ3n) is 3.11.